The van der Waals surface area contributed by atoms with Crippen LogP contribution in [0.4, 0.5) is 0 Å². The maximum atomic E-state index is 11.6. The topological polar surface area (TPSA) is 26.3 Å². The van der Waals surface area contributed by atoms with Crippen LogP contribution in [0, 0.1) is 10.5 Å². The number of rotatable bonds is 3. The van der Waals surface area contributed by atoms with Crippen LogP contribution in [0.25, 0.3) is 0 Å². The van der Waals surface area contributed by atoms with E-state index in [1.54, 1.807) is 7.11 Å². The van der Waals surface area contributed by atoms with Crippen LogP contribution in [-0.4, -0.2) is 18.8 Å². The van der Waals surface area contributed by atoms with E-state index in [1.165, 1.54) is 0 Å². The van der Waals surface area contributed by atoms with Crippen LogP contribution >= 0.6 is 34.2 Å². The lowest BCUT2D eigenvalue weighted by atomic mass is 10.0. The van der Waals surface area contributed by atoms with E-state index in [1.807, 2.05) is 19.1 Å². The van der Waals surface area contributed by atoms with E-state index in [4.69, 9.17) is 16.3 Å². The first-order chi connectivity index (χ1) is 6.61. The summed E-state index contributed by atoms with van der Waals surface area (Å²) < 4.78 is 6.11. The number of carbonyl (C=O) groups excluding carboxylic acids is 1. The zero-order chi connectivity index (χ0) is 10.7. The highest BCUT2D eigenvalue weighted by atomic mass is 127. The van der Waals surface area contributed by atoms with Gasteiger partial charge in [-0.05, 0) is 41.1 Å². The molecule has 0 N–H and O–H groups in total. The van der Waals surface area contributed by atoms with Gasteiger partial charge >= 0.3 is 0 Å². The molecule has 0 amide bonds. The molecule has 0 unspecified atom stereocenters. The lowest BCUT2D eigenvalue weighted by Crippen LogP contribution is -2.07. The van der Waals surface area contributed by atoms with E-state index >= 15 is 0 Å². The van der Waals surface area contributed by atoms with Crippen LogP contribution in [0.3, 0.4) is 0 Å². The van der Waals surface area contributed by atoms with Crippen molar-refractivity contribution in [1.82, 2.24) is 0 Å². The number of ether oxygens (including phenoxy) is 1. The van der Waals surface area contributed by atoms with Crippen molar-refractivity contribution >= 4 is 40.0 Å². The van der Waals surface area contributed by atoms with Crippen LogP contribution < -0.4 is 4.74 Å². The van der Waals surface area contributed by atoms with Crippen LogP contribution in [0.1, 0.15) is 15.9 Å². The van der Waals surface area contributed by atoms with E-state index in [2.05, 4.69) is 22.6 Å². The average Bonchev–Trinajstić information content (AvgIpc) is 2.19. The number of hydrogen-bond acceptors (Lipinski definition) is 2. The maximum Gasteiger partial charge on any atom is 0.181 e. The summed E-state index contributed by atoms with van der Waals surface area (Å²) in [5.41, 5.74) is 1.49. The molecule has 14 heavy (non-hydrogen) atoms. The smallest absolute Gasteiger partial charge is 0.181 e. The summed E-state index contributed by atoms with van der Waals surface area (Å²) in [5.74, 6) is 0.507. The zero-order valence-electron chi connectivity index (χ0n) is 7.93. The largest absolute Gasteiger partial charge is 0.495 e. The monoisotopic (exact) mass is 324 g/mol. The summed E-state index contributed by atoms with van der Waals surface area (Å²) in [5, 5.41) is 0. The van der Waals surface area contributed by atoms with Gasteiger partial charge in [0.05, 0.1) is 22.1 Å². The van der Waals surface area contributed by atoms with Crippen LogP contribution in [0.2, 0.25) is 0 Å². The molecular weight excluding hydrogens is 314 g/mol. The molecule has 2 nitrogen and oxygen atoms in total. The molecule has 0 saturated heterocycles. The van der Waals surface area contributed by atoms with E-state index in [-0.39, 0.29) is 11.7 Å². The number of hydrogen-bond donors (Lipinski definition) is 0. The van der Waals surface area contributed by atoms with Gasteiger partial charge < -0.3 is 4.74 Å². The summed E-state index contributed by atoms with van der Waals surface area (Å²) in [6.07, 6.45) is 0. The summed E-state index contributed by atoms with van der Waals surface area (Å²) in [4.78, 5) is 11.6. The first-order valence-corrected chi connectivity index (χ1v) is 5.65. The Labute approximate surface area is 102 Å². The molecular formula is C10H10ClIO2. The van der Waals surface area contributed by atoms with E-state index in [0.717, 1.165) is 9.13 Å². The second-order valence-electron chi connectivity index (χ2n) is 2.83. The van der Waals surface area contributed by atoms with Gasteiger partial charge in [-0.1, -0.05) is 6.07 Å². The highest BCUT2D eigenvalue weighted by Gasteiger charge is 2.16. The normalized spacial score (nSPS) is 10.0. The molecule has 0 aliphatic heterocycles. The number of aryl methyl sites for hydroxylation is 1. The third-order valence-corrected chi connectivity index (χ3v) is 3.01. The summed E-state index contributed by atoms with van der Waals surface area (Å²) in [6.45, 7) is 1.87. The number of carbonyl (C=O) groups is 1. The number of ketones is 1. The molecule has 0 aromatic heterocycles. The minimum Gasteiger partial charge on any atom is -0.495 e. The zero-order valence-corrected chi connectivity index (χ0v) is 10.8. The minimum atomic E-state index is -0.0977. The predicted octanol–water partition coefficient (Wildman–Crippen LogP) is 3.03. The second kappa shape index (κ2) is 4.98. The molecule has 0 atom stereocenters. The maximum absolute atomic E-state index is 11.6. The molecule has 0 aliphatic carbocycles. The molecule has 0 spiro atoms. The van der Waals surface area contributed by atoms with Gasteiger partial charge in [0, 0.05) is 0 Å². The summed E-state index contributed by atoms with van der Waals surface area (Å²) >= 11 is 7.66. The Morgan fingerprint density at radius 2 is 2.21 bits per heavy atom. The highest BCUT2D eigenvalue weighted by molar-refractivity contribution is 14.1. The fourth-order valence-corrected chi connectivity index (χ4v) is 2.07. The van der Waals surface area contributed by atoms with Crippen molar-refractivity contribution in [3.63, 3.8) is 0 Å². The van der Waals surface area contributed by atoms with Crippen molar-refractivity contribution in [2.24, 2.45) is 0 Å². The quantitative estimate of drug-likeness (QED) is 0.485. The Hall–Kier alpha value is -0.290. The van der Waals surface area contributed by atoms with Gasteiger partial charge in [-0.2, -0.15) is 0 Å². The van der Waals surface area contributed by atoms with E-state index < -0.39 is 0 Å². The van der Waals surface area contributed by atoms with Gasteiger partial charge in [-0.3, -0.25) is 4.79 Å². The standard InChI is InChI=1S/C10H10ClIO2/c1-6-3-4-7(12)10(14-2)9(6)8(13)5-11/h3-4H,5H2,1-2H3. The number of halogens is 2. The van der Waals surface area contributed by atoms with E-state index in [0.29, 0.717) is 11.3 Å². The first-order valence-electron chi connectivity index (χ1n) is 4.04. The number of alkyl halides is 1. The molecule has 0 heterocycles. The van der Waals surface area contributed by atoms with E-state index in [9.17, 15) is 4.79 Å². The van der Waals surface area contributed by atoms with Crippen molar-refractivity contribution < 1.29 is 9.53 Å². The molecule has 0 fully saturated rings. The Balaban J connectivity index is 3.37. The minimum absolute atomic E-state index is 0.0166. The van der Waals surface area contributed by atoms with Gasteiger partial charge in [-0.15, -0.1) is 11.6 Å². The summed E-state index contributed by atoms with van der Waals surface area (Å²) in [6, 6.07) is 3.81. The molecule has 1 aromatic rings. The number of methoxy groups -OCH3 is 1. The highest BCUT2D eigenvalue weighted by Crippen LogP contribution is 2.28. The lowest BCUT2D eigenvalue weighted by molar-refractivity contribution is 0.101. The molecule has 0 aliphatic rings. The van der Waals surface area contributed by atoms with Crippen LogP contribution in [0.15, 0.2) is 12.1 Å². The Morgan fingerprint density at radius 3 is 2.71 bits per heavy atom. The molecule has 0 bridgehead atoms. The molecule has 4 heteroatoms. The second-order valence-corrected chi connectivity index (χ2v) is 4.26. The third kappa shape index (κ3) is 2.20. The van der Waals surface area contributed by atoms with Crippen LogP contribution in [0.5, 0.6) is 5.75 Å². The molecule has 1 rings (SSSR count). The fraction of sp³-hybridized carbons (Fsp3) is 0.300. The van der Waals surface area contributed by atoms with Gasteiger partial charge in [0.1, 0.15) is 5.75 Å². The molecule has 76 valence electrons. The van der Waals surface area contributed by atoms with Crippen molar-refractivity contribution in [2.75, 3.05) is 13.0 Å². The predicted molar refractivity (Wildman–Crippen MR) is 65.5 cm³/mol. The van der Waals surface area contributed by atoms with Crippen LogP contribution in [-0.2, 0) is 0 Å². The third-order valence-electron chi connectivity index (χ3n) is 1.92. The van der Waals surface area contributed by atoms with Crippen molar-refractivity contribution in [3.05, 3.63) is 26.8 Å². The van der Waals surface area contributed by atoms with Gasteiger partial charge in [0.2, 0.25) is 0 Å². The van der Waals surface area contributed by atoms with Crippen molar-refractivity contribution in [3.8, 4) is 5.75 Å². The van der Waals surface area contributed by atoms with Gasteiger partial charge in [0.25, 0.3) is 0 Å². The van der Waals surface area contributed by atoms with Crippen molar-refractivity contribution in [1.29, 1.82) is 0 Å². The average molecular weight is 325 g/mol. The Bertz CT molecular complexity index is 363. The Kier molecular flexibility index (Phi) is 4.19. The first kappa shape index (κ1) is 11.8. The molecule has 1 aromatic carbocycles. The molecule has 0 radical (unpaired) electrons. The van der Waals surface area contributed by atoms with Gasteiger partial charge in [0.15, 0.2) is 5.78 Å². The fourth-order valence-electron chi connectivity index (χ4n) is 1.27. The number of Topliss-reactive ketones (excluding diaryl/α,β-unsaturated/α-hetero) is 1. The SMILES string of the molecule is COc1c(I)ccc(C)c1C(=O)CCl. The molecule has 0 saturated carbocycles. The number of benzene rings is 1. The Morgan fingerprint density at radius 1 is 1.57 bits per heavy atom. The lowest BCUT2D eigenvalue weighted by Gasteiger charge is -2.11. The summed E-state index contributed by atoms with van der Waals surface area (Å²) in [7, 11) is 1.56. The van der Waals surface area contributed by atoms with Gasteiger partial charge in [-0.25, -0.2) is 0 Å². The van der Waals surface area contributed by atoms with Crippen molar-refractivity contribution in [2.45, 2.75) is 6.92 Å².